The van der Waals surface area contributed by atoms with Crippen LogP contribution in [0.5, 0.6) is 0 Å². The van der Waals surface area contributed by atoms with Gasteiger partial charge in [-0.25, -0.2) is 4.98 Å². The van der Waals surface area contributed by atoms with Crippen LogP contribution in [0.4, 0.5) is 5.69 Å². The molecule has 0 aliphatic rings. The molecule has 3 N–H and O–H groups in total. The fourth-order valence-electron chi connectivity index (χ4n) is 1.66. The van der Waals surface area contributed by atoms with Gasteiger partial charge in [-0.2, -0.15) is 5.10 Å². The third-order valence-electron chi connectivity index (χ3n) is 2.55. The number of nitrogens with zero attached hydrogens (tertiary/aromatic N) is 3. The number of carbonyl (C=O) groups is 1. The standard InChI is InChI=1S/C11H15N5OS/c1-3-16-9(8(12)6-14-16)10(17)15-7(2)11-13-4-5-18-11/h4-7H,3,12H2,1-2H3,(H,15,17). The summed E-state index contributed by atoms with van der Waals surface area (Å²) in [6.45, 7) is 4.40. The molecule has 1 atom stereocenters. The average molecular weight is 265 g/mol. The number of aryl methyl sites for hydroxylation is 1. The van der Waals surface area contributed by atoms with Crippen molar-refractivity contribution in [1.82, 2.24) is 20.1 Å². The number of hydrogen-bond acceptors (Lipinski definition) is 5. The second kappa shape index (κ2) is 5.18. The quantitative estimate of drug-likeness (QED) is 0.875. The molecular weight excluding hydrogens is 250 g/mol. The molecule has 0 aromatic carbocycles. The summed E-state index contributed by atoms with van der Waals surface area (Å²) in [5.41, 5.74) is 6.55. The highest BCUT2D eigenvalue weighted by atomic mass is 32.1. The lowest BCUT2D eigenvalue weighted by Gasteiger charge is -2.12. The molecule has 96 valence electrons. The topological polar surface area (TPSA) is 85.8 Å². The van der Waals surface area contributed by atoms with E-state index in [1.54, 1.807) is 10.9 Å². The summed E-state index contributed by atoms with van der Waals surface area (Å²) in [4.78, 5) is 16.3. The van der Waals surface area contributed by atoms with Crippen molar-refractivity contribution in [2.45, 2.75) is 26.4 Å². The molecule has 1 amide bonds. The van der Waals surface area contributed by atoms with E-state index >= 15 is 0 Å². The number of nitrogen functional groups attached to an aromatic ring is 1. The van der Waals surface area contributed by atoms with Crippen LogP contribution in [0.15, 0.2) is 17.8 Å². The Kier molecular flexibility index (Phi) is 3.61. The van der Waals surface area contributed by atoms with E-state index in [2.05, 4.69) is 15.4 Å². The highest BCUT2D eigenvalue weighted by Gasteiger charge is 2.19. The molecule has 0 saturated heterocycles. The molecule has 2 heterocycles. The van der Waals surface area contributed by atoms with E-state index in [9.17, 15) is 4.79 Å². The molecule has 7 heteroatoms. The van der Waals surface area contributed by atoms with Crippen LogP contribution >= 0.6 is 11.3 Å². The maximum atomic E-state index is 12.1. The van der Waals surface area contributed by atoms with Gasteiger partial charge in [-0.3, -0.25) is 9.48 Å². The van der Waals surface area contributed by atoms with E-state index in [0.717, 1.165) is 5.01 Å². The summed E-state index contributed by atoms with van der Waals surface area (Å²) in [5, 5.41) is 9.65. The van der Waals surface area contributed by atoms with Crippen molar-refractivity contribution in [1.29, 1.82) is 0 Å². The van der Waals surface area contributed by atoms with Crippen molar-refractivity contribution < 1.29 is 4.79 Å². The van der Waals surface area contributed by atoms with Crippen molar-refractivity contribution >= 4 is 22.9 Å². The minimum Gasteiger partial charge on any atom is -0.396 e. The first-order valence-corrected chi connectivity index (χ1v) is 6.53. The Morgan fingerprint density at radius 1 is 1.67 bits per heavy atom. The fourth-order valence-corrected chi connectivity index (χ4v) is 2.31. The average Bonchev–Trinajstić information content (AvgIpc) is 2.97. The lowest BCUT2D eigenvalue weighted by Crippen LogP contribution is -2.29. The number of hydrogen-bond donors (Lipinski definition) is 2. The van der Waals surface area contributed by atoms with Gasteiger partial charge < -0.3 is 11.1 Å². The van der Waals surface area contributed by atoms with Crippen molar-refractivity contribution in [3.05, 3.63) is 28.5 Å². The summed E-state index contributed by atoms with van der Waals surface area (Å²) >= 11 is 1.50. The van der Waals surface area contributed by atoms with Gasteiger partial charge in [0.05, 0.1) is 17.9 Å². The number of aromatic nitrogens is 3. The Bertz CT molecular complexity index is 534. The highest BCUT2D eigenvalue weighted by Crippen LogP contribution is 2.17. The number of amides is 1. The maximum Gasteiger partial charge on any atom is 0.272 e. The summed E-state index contributed by atoms with van der Waals surface area (Å²) in [6.07, 6.45) is 3.21. The van der Waals surface area contributed by atoms with Crippen LogP contribution in [-0.4, -0.2) is 20.7 Å². The van der Waals surface area contributed by atoms with E-state index < -0.39 is 0 Å². The van der Waals surface area contributed by atoms with E-state index in [-0.39, 0.29) is 11.9 Å². The predicted molar refractivity (Wildman–Crippen MR) is 70.3 cm³/mol. The number of carbonyl (C=O) groups excluding carboxylic acids is 1. The zero-order valence-corrected chi connectivity index (χ0v) is 11.1. The first-order chi connectivity index (χ1) is 8.63. The number of anilines is 1. The van der Waals surface area contributed by atoms with Gasteiger partial charge in [-0.15, -0.1) is 11.3 Å². The van der Waals surface area contributed by atoms with Crippen molar-refractivity contribution in [3.63, 3.8) is 0 Å². The van der Waals surface area contributed by atoms with Crippen LogP contribution in [-0.2, 0) is 6.54 Å². The third-order valence-corrected chi connectivity index (χ3v) is 3.51. The van der Waals surface area contributed by atoms with Crippen LogP contribution < -0.4 is 11.1 Å². The van der Waals surface area contributed by atoms with Crippen LogP contribution in [0, 0.1) is 0 Å². The van der Waals surface area contributed by atoms with E-state index in [1.165, 1.54) is 17.5 Å². The van der Waals surface area contributed by atoms with E-state index in [1.807, 2.05) is 19.2 Å². The summed E-state index contributed by atoms with van der Waals surface area (Å²) in [6, 6.07) is -0.142. The molecule has 0 radical (unpaired) electrons. The van der Waals surface area contributed by atoms with Crippen molar-refractivity contribution in [2.75, 3.05) is 5.73 Å². The smallest absolute Gasteiger partial charge is 0.272 e. The second-order valence-electron chi connectivity index (χ2n) is 3.83. The molecule has 0 fully saturated rings. The normalized spacial score (nSPS) is 12.3. The van der Waals surface area contributed by atoms with Gasteiger partial charge in [-0.1, -0.05) is 0 Å². The van der Waals surface area contributed by atoms with Crippen LogP contribution in [0.1, 0.15) is 35.4 Å². The van der Waals surface area contributed by atoms with E-state index in [0.29, 0.717) is 17.9 Å². The molecule has 1 unspecified atom stereocenters. The molecule has 0 aliphatic carbocycles. The molecular formula is C11H15N5OS. The van der Waals surface area contributed by atoms with Gasteiger partial charge in [0, 0.05) is 18.1 Å². The predicted octanol–water partition coefficient (Wildman–Crippen LogP) is 1.43. The maximum absolute atomic E-state index is 12.1. The van der Waals surface area contributed by atoms with Crippen LogP contribution in [0.3, 0.4) is 0 Å². The summed E-state index contributed by atoms with van der Waals surface area (Å²) in [5.74, 6) is -0.227. The second-order valence-corrected chi connectivity index (χ2v) is 4.76. The van der Waals surface area contributed by atoms with Crippen molar-refractivity contribution in [3.8, 4) is 0 Å². The lowest BCUT2D eigenvalue weighted by molar-refractivity contribution is 0.0930. The molecule has 0 spiro atoms. The van der Waals surface area contributed by atoms with Crippen LogP contribution in [0.25, 0.3) is 0 Å². The fraction of sp³-hybridized carbons (Fsp3) is 0.364. The van der Waals surface area contributed by atoms with E-state index in [4.69, 9.17) is 5.73 Å². The largest absolute Gasteiger partial charge is 0.396 e. The Morgan fingerprint density at radius 3 is 3.06 bits per heavy atom. The van der Waals surface area contributed by atoms with Gasteiger partial charge in [-0.05, 0) is 13.8 Å². The van der Waals surface area contributed by atoms with Crippen molar-refractivity contribution in [2.24, 2.45) is 0 Å². The lowest BCUT2D eigenvalue weighted by atomic mass is 10.3. The van der Waals surface area contributed by atoms with Gasteiger partial charge in [0.2, 0.25) is 0 Å². The van der Waals surface area contributed by atoms with Gasteiger partial charge in [0.25, 0.3) is 5.91 Å². The minimum atomic E-state index is -0.227. The van der Waals surface area contributed by atoms with Gasteiger partial charge in [0.15, 0.2) is 0 Å². The SMILES string of the molecule is CCn1ncc(N)c1C(=O)NC(C)c1nccs1. The first kappa shape index (κ1) is 12.6. The zero-order valence-electron chi connectivity index (χ0n) is 10.3. The summed E-state index contributed by atoms with van der Waals surface area (Å²) in [7, 11) is 0. The minimum absolute atomic E-state index is 0.142. The molecule has 0 aliphatic heterocycles. The monoisotopic (exact) mass is 265 g/mol. The molecule has 2 rings (SSSR count). The Hall–Kier alpha value is -1.89. The van der Waals surface area contributed by atoms with Gasteiger partial charge >= 0.3 is 0 Å². The molecule has 6 nitrogen and oxygen atoms in total. The number of nitrogens with one attached hydrogen (secondary N) is 1. The molecule has 2 aromatic rings. The molecule has 0 saturated carbocycles. The first-order valence-electron chi connectivity index (χ1n) is 5.65. The third kappa shape index (κ3) is 2.35. The van der Waals surface area contributed by atoms with Gasteiger partial charge in [0.1, 0.15) is 10.7 Å². The number of nitrogens with two attached hydrogens (primary N) is 1. The zero-order chi connectivity index (χ0) is 13.1. The molecule has 18 heavy (non-hydrogen) atoms. The highest BCUT2D eigenvalue weighted by molar-refractivity contribution is 7.09. The molecule has 0 bridgehead atoms. The Labute approximate surface area is 109 Å². The number of thiazole rings is 1. The Morgan fingerprint density at radius 2 is 2.44 bits per heavy atom. The van der Waals surface area contributed by atoms with Crippen LogP contribution in [0.2, 0.25) is 0 Å². The Balaban J connectivity index is 2.15. The number of rotatable bonds is 4. The molecule has 2 aromatic heterocycles. The summed E-state index contributed by atoms with van der Waals surface area (Å²) < 4.78 is 1.58.